The van der Waals surface area contributed by atoms with Crippen LogP contribution in [0.5, 0.6) is 0 Å². The Balaban J connectivity index is 1.85. The number of halogens is 3. The molecule has 184 valence electrons. The van der Waals surface area contributed by atoms with Crippen molar-refractivity contribution in [3.05, 3.63) is 104 Å². The summed E-state index contributed by atoms with van der Waals surface area (Å²) in [6.07, 6.45) is 0.404. The van der Waals surface area contributed by atoms with E-state index in [2.05, 4.69) is 21.2 Å². The number of thioether (sulfide) groups is 1. The van der Waals surface area contributed by atoms with Crippen molar-refractivity contribution in [1.29, 1.82) is 0 Å². The summed E-state index contributed by atoms with van der Waals surface area (Å²) in [5, 5.41) is 3.88. The predicted octanol–water partition coefficient (Wildman–Crippen LogP) is 6.77. The summed E-state index contributed by atoms with van der Waals surface area (Å²) in [6, 6.07) is 22.3. The molecule has 3 aromatic carbocycles. The summed E-state index contributed by atoms with van der Waals surface area (Å²) in [6.45, 7) is 2.56. The Labute approximate surface area is 229 Å². The normalized spacial score (nSPS) is 11.7. The summed E-state index contributed by atoms with van der Waals surface area (Å²) in [5.41, 5.74) is 2.85. The van der Waals surface area contributed by atoms with E-state index in [1.165, 1.54) is 11.8 Å². The van der Waals surface area contributed by atoms with Crippen LogP contribution in [-0.2, 0) is 28.3 Å². The van der Waals surface area contributed by atoms with E-state index < -0.39 is 6.04 Å². The maximum Gasteiger partial charge on any atom is 0.243 e. The molecule has 0 aliphatic heterocycles. The van der Waals surface area contributed by atoms with Gasteiger partial charge in [0.2, 0.25) is 11.8 Å². The van der Waals surface area contributed by atoms with Gasteiger partial charge in [0.05, 0.1) is 5.75 Å². The molecule has 0 bridgehead atoms. The highest BCUT2D eigenvalue weighted by Gasteiger charge is 2.30. The molecule has 0 radical (unpaired) electrons. The van der Waals surface area contributed by atoms with Gasteiger partial charge in [0.15, 0.2) is 0 Å². The van der Waals surface area contributed by atoms with Crippen LogP contribution in [0.3, 0.4) is 0 Å². The second kappa shape index (κ2) is 13.9. The Bertz CT molecular complexity index is 1130. The monoisotopic (exact) mass is 592 g/mol. The fourth-order valence-corrected chi connectivity index (χ4v) is 5.20. The standard InChI is InChI=1S/C27H27BrCl2N2O2S/c1-2-31-27(34)25(14-19-6-4-3-5-7-19)32(16-21-10-13-23(29)15-24(21)30)26(33)18-35-17-20-8-11-22(28)12-9-20/h3-13,15,25H,2,14,16-18H2,1H3,(H,31,34)/t25-/m1/s1. The van der Waals surface area contributed by atoms with Crippen molar-refractivity contribution in [1.82, 2.24) is 10.2 Å². The number of nitrogens with zero attached hydrogens (tertiary/aromatic N) is 1. The van der Waals surface area contributed by atoms with E-state index in [4.69, 9.17) is 23.2 Å². The molecule has 0 heterocycles. The van der Waals surface area contributed by atoms with Crippen LogP contribution in [0.25, 0.3) is 0 Å². The average molecular weight is 594 g/mol. The summed E-state index contributed by atoms with van der Waals surface area (Å²) in [4.78, 5) is 28.4. The number of amides is 2. The van der Waals surface area contributed by atoms with Crippen LogP contribution in [0.15, 0.2) is 77.3 Å². The van der Waals surface area contributed by atoms with Gasteiger partial charge in [-0.05, 0) is 47.9 Å². The first-order valence-corrected chi connectivity index (χ1v) is 13.9. The molecule has 3 aromatic rings. The molecule has 0 aliphatic rings. The SMILES string of the molecule is CCNC(=O)[C@@H](Cc1ccccc1)N(Cc1ccc(Cl)cc1Cl)C(=O)CSCc1ccc(Br)cc1. The van der Waals surface area contributed by atoms with Crippen LogP contribution >= 0.6 is 50.9 Å². The third-order valence-corrected chi connectivity index (χ3v) is 7.49. The maximum absolute atomic E-state index is 13.6. The van der Waals surface area contributed by atoms with Crippen LogP contribution in [0, 0.1) is 0 Å². The van der Waals surface area contributed by atoms with Crippen LogP contribution in [0.1, 0.15) is 23.6 Å². The number of hydrogen-bond acceptors (Lipinski definition) is 3. The van der Waals surface area contributed by atoms with Crippen molar-refractivity contribution in [3.63, 3.8) is 0 Å². The first kappa shape index (κ1) is 27.6. The first-order valence-electron chi connectivity index (χ1n) is 11.2. The van der Waals surface area contributed by atoms with Gasteiger partial charge >= 0.3 is 0 Å². The molecule has 1 atom stereocenters. The molecule has 3 rings (SSSR count). The van der Waals surface area contributed by atoms with Crippen molar-refractivity contribution in [2.75, 3.05) is 12.3 Å². The van der Waals surface area contributed by atoms with E-state index >= 15 is 0 Å². The molecule has 4 nitrogen and oxygen atoms in total. The zero-order valence-electron chi connectivity index (χ0n) is 19.3. The number of likely N-dealkylation sites (N-methyl/N-ethyl adjacent to an activating group) is 1. The number of benzene rings is 3. The molecule has 0 fully saturated rings. The van der Waals surface area contributed by atoms with Crippen LogP contribution < -0.4 is 5.32 Å². The molecule has 0 spiro atoms. The lowest BCUT2D eigenvalue weighted by Crippen LogP contribution is -2.51. The van der Waals surface area contributed by atoms with E-state index in [1.54, 1.807) is 23.1 Å². The molecule has 0 saturated carbocycles. The Morgan fingerprint density at radius 1 is 1.00 bits per heavy atom. The molecule has 35 heavy (non-hydrogen) atoms. The van der Waals surface area contributed by atoms with Crippen molar-refractivity contribution in [2.24, 2.45) is 0 Å². The third-order valence-electron chi connectivity index (χ3n) is 5.39. The highest BCUT2D eigenvalue weighted by Crippen LogP contribution is 2.25. The minimum Gasteiger partial charge on any atom is -0.355 e. The predicted molar refractivity (Wildman–Crippen MR) is 150 cm³/mol. The largest absolute Gasteiger partial charge is 0.355 e. The minimum absolute atomic E-state index is 0.120. The Morgan fingerprint density at radius 2 is 1.71 bits per heavy atom. The molecular weight excluding hydrogens is 567 g/mol. The lowest BCUT2D eigenvalue weighted by molar-refractivity contribution is -0.139. The number of hydrogen-bond donors (Lipinski definition) is 1. The van der Waals surface area contributed by atoms with E-state index in [1.807, 2.05) is 61.5 Å². The zero-order chi connectivity index (χ0) is 25.2. The second-order valence-electron chi connectivity index (χ2n) is 7.98. The van der Waals surface area contributed by atoms with E-state index in [-0.39, 0.29) is 24.1 Å². The molecule has 0 aliphatic carbocycles. The van der Waals surface area contributed by atoms with Gasteiger partial charge in [-0.2, -0.15) is 0 Å². The lowest BCUT2D eigenvalue weighted by Gasteiger charge is -2.31. The first-order chi connectivity index (χ1) is 16.9. The van der Waals surface area contributed by atoms with Crippen molar-refractivity contribution < 1.29 is 9.59 Å². The molecule has 0 saturated heterocycles. The Kier molecular flexibility index (Phi) is 11.0. The highest BCUT2D eigenvalue weighted by molar-refractivity contribution is 9.10. The van der Waals surface area contributed by atoms with Gasteiger partial charge in [0.1, 0.15) is 6.04 Å². The van der Waals surface area contributed by atoms with Gasteiger partial charge in [0, 0.05) is 39.8 Å². The summed E-state index contributed by atoms with van der Waals surface area (Å²) < 4.78 is 1.01. The maximum atomic E-state index is 13.6. The number of nitrogens with one attached hydrogen (secondary N) is 1. The Morgan fingerprint density at radius 3 is 2.37 bits per heavy atom. The van der Waals surface area contributed by atoms with Gasteiger partial charge in [0.25, 0.3) is 0 Å². The fraction of sp³-hybridized carbons (Fsp3) is 0.259. The van der Waals surface area contributed by atoms with Gasteiger partial charge in [-0.3, -0.25) is 9.59 Å². The summed E-state index contributed by atoms with van der Waals surface area (Å²) >= 11 is 17.5. The van der Waals surface area contributed by atoms with Crippen molar-refractivity contribution in [3.8, 4) is 0 Å². The van der Waals surface area contributed by atoms with Crippen molar-refractivity contribution in [2.45, 2.75) is 31.7 Å². The highest BCUT2D eigenvalue weighted by atomic mass is 79.9. The van der Waals surface area contributed by atoms with Crippen molar-refractivity contribution >= 4 is 62.7 Å². The van der Waals surface area contributed by atoms with Crippen LogP contribution in [-0.4, -0.2) is 35.1 Å². The number of carbonyl (C=O) groups excluding carboxylic acids is 2. The quantitative estimate of drug-likeness (QED) is 0.267. The zero-order valence-corrected chi connectivity index (χ0v) is 23.3. The molecular formula is C27H27BrCl2N2O2S. The lowest BCUT2D eigenvalue weighted by atomic mass is 10.0. The topological polar surface area (TPSA) is 49.4 Å². The van der Waals surface area contributed by atoms with Crippen LogP contribution in [0.2, 0.25) is 10.0 Å². The second-order valence-corrected chi connectivity index (χ2v) is 10.7. The molecule has 2 amide bonds. The van der Waals surface area contributed by atoms with Gasteiger partial charge < -0.3 is 10.2 Å². The summed E-state index contributed by atoms with van der Waals surface area (Å²) in [5.74, 6) is 0.628. The molecule has 8 heteroatoms. The number of carbonyl (C=O) groups is 2. The van der Waals surface area contributed by atoms with Crippen LogP contribution in [0.4, 0.5) is 0 Å². The molecule has 0 unspecified atom stereocenters. The Hall–Kier alpha value is -1.99. The minimum atomic E-state index is -0.676. The summed E-state index contributed by atoms with van der Waals surface area (Å²) in [7, 11) is 0. The molecule has 1 N–H and O–H groups in total. The van der Waals surface area contributed by atoms with Gasteiger partial charge in [-0.15, -0.1) is 11.8 Å². The van der Waals surface area contributed by atoms with E-state index in [9.17, 15) is 9.59 Å². The van der Waals surface area contributed by atoms with E-state index in [0.29, 0.717) is 28.8 Å². The third kappa shape index (κ3) is 8.57. The molecule has 0 aromatic heterocycles. The smallest absolute Gasteiger partial charge is 0.243 e. The fourth-order valence-electron chi connectivity index (χ4n) is 3.60. The number of rotatable bonds is 11. The van der Waals surface area contributed by atoms with E-state index in [0.717, 1.165) is 21.2 Å². The van der Waals surface area contributed by atoms with Gasteiger partial charge in [-0.1, -0.05) is 87.7 Å². The average Bonchev–Trinajstić information content (AvgIpc) is 2.84. The van der Waals surface area contributed by atoms with Gasteiger partial charge in [-0.25, -0.2) is 0 Å².